The fourth-order valence-electron chi connectivity index (χ4n) is 1.66. The molecule has 0 aliphatic carbocycles. The highest BCUT2D eigenvalue weighted by atomic mass is 32.2. The predicted molar refractivity (Wildman–Crippen MR) is 66.9 cm³/mol. The summed E-state index contributed by atoms with van der Waals surface area (Å²) in [7, 11) is -3.03. The number of aromatic carboxylic acids is 1. The highest BCUT2D eigenvalue weighted by Crippen LogP contribution is 2.32. The molecule has 2 rings (SSSR count). The van der Waals surface area contributed by atoms with Gasteiger partial charge in [-0.2, -0.15) is 21.6 Å². The number of carbonyl (C=O) groups is 1. The lowest BCUT2D eigenvalue weighted by molar-refractivity contribution is -0.154. The van der Waals surface area contributed by atoms with Gasteiger partial charge in [-0.3, -0.25) is 4.72 Å². The van der Waals surface area contributed by atoms with E-state index in [2.05, 4.69) is 4.42 Å². The van der Waals surface area contributed by atoms with Crippen LogP contribution in [0.3, 0.4) is 0 Å². The number of halogens is 3. The Morgan fingerprint density at radius 2 is 2.00 bits per heavy atom. The molecule has 0 saturated carbocycles. The normalized spacial score (nSPS) is 12.4. The number of furan rings is 1. The molecule has 0 spiro atoms. The van der Waals surface area contributed by atoms with E-state index in [1.807, 2.05) is 4.72 Å². The minimum Gasteiger partial charge on any atom is -0.477 e. The van der Waals surface area contributed by atoms with Gasteiger partial charge in [0, 0.05) is 13.2 Å². The van der Waals surface area contributed by atoms with Gasteiger partial charge in [-0.15, -0.1) is 0 Å². The van der Waals surface area contributed by atoms with E-state index in [0.717, 1.165) is 16.8 Å². The van der Waals surface area contributed by atoms with Crippen LogP contribution in [-0.2, 0) is 23.2 Å². The molecule has 0 fully saturated rings. The molecule has 0 atom stereocenters. The van der Waals surface area contributed by atoms with E-state index in [1.165, 1.54) is 7.05 Å². The van der Waals surface area contributed by atoms with Gasteiger partial charge in [0.15, 0.2) is 0 Å². The number of aryl methyl sites for hydroxylation is 1. The molecule has 0 radical (unpaired) electrons. The van der Waals surface area contributed by atoms with Crippen LogP contribution in [0.25, 0.3) is 0 Å². The van der Waals surface area contributed by atoms with Crippen LogP contribution in [-0.4, -0.2) is 24.1 Å². The van der Waals surface area contributed by atoms with Gasteiger partial charge in [0.25, 0.3) is 10.0 Å². The molecule has 0 bridgehead atoms. The molecule has 2 heterocycles. The van der Waals surface area contributed by atoms with Gasteiger partial charge < -0.3 is 14.1 Å². The van der Waals surface area contributed by atoms with E-state index in [4.69, 9.17) is 5.11 Å². The summed E-state index contributed by atoms with van der Waals surface area (Å²) in [5, 5.41) is 7.92. The molecule has 2 N–H and O–H groups in total. The van der Waals surface area contributed by atoms with Crippen molar-refractivity contribution in [2.45, 2.75) is 11.3 Å². The third kappa shape index (κ3) is 3.08. The predicted octanol–water partition coefficient (Wildman–Crippen LogP) is 2.14. The summed E-state index contributed by atoms with van der Waals surface area (Å²) in [4.78, 5) is 10.8. The van der Waals surface area contributed by atoms with Crippen molar-refractivity contribution in [3.8, 4) is 0 Å². The first-order chi connectivity index (χ1) is 10.0. The molecule has 22 heavy (non-hydrogen) atoms. The SMILES string of the molecule is Cn1cc(NS(=O)(=O)c2ccc(C(F)(F)F)o2)cc1C(=O)O. The van der Waals surface area contributed by atoms with Gasteiger partial charge in [-0.05, 0) is 18.2 Å². The summed E-state index contributed by atoms with van der Waals surface area (Å²) in [6, 6.07) is 2.17. The number of nitrogens with one attached hydrogen (secondary N) is 1. The van der Waals surface area contributed by atoms with Crippen molar-refractivity contribution in [3.05, 3.63) is 35.9 Å². The van der Waals surface area contributed by atoms with Crippen molar-refractivity contribution in [2.75, 3.05) is 4.72 Å². The Labute approximate surface area is 122 Å². The first kappa shape index (κ1) is 15.9. The number of hydrogen-bond donors (Lipinski definition) is 2. The highest BCUT2D eigenvalue weighted by molar-refractivity contribution is 7.92. The lowest BCUT2D eigenvalue weighted by Gasteiger charge is -2.04. The average molecular weight is 338 g/mol. The molecule has 120 valence electrons. The second-order valence-corrected chi connectivity index (χ2v) is 5.87. The Morgan fingerprint density at radius 1 is 1.36 bits per heavy atom. The van der Waals surface area contributed by atoms with Crippen molar-refractivity contribution in [3.63, 3.8) is 0 Å². The van der Waals surface area contributed by atoms with E-state index < -0.39 is 33.0 Å². The van der Waals surface area contributed by atoms with Crippen molar-refractivity contribution in [1.29, 1.82) is 0 Å². The average Bonchev–Trinajstić information content (AvgIpc) is 2.94. The molecule has 0 aliphatic rings. The van der Waals surface area contributed by atoms with E-state index in [-0.39, 0.29) is 11.4 Å². The third-order valence-corrected chi connectivity index (χ3v) is 3.86. The minimum atomic E-state index is -4.81. The highest BCUT2D eigenvalue weighted by Gasteiger charge is 2.36. The van der Waals surface area contributed by atoms with Gasteiger partial charge in [-0.25, -0.2) is 4.79 Å². The van der Waals surface area contributed by atoms with Crippen LogP contribution in [0.15, 0.2) is 33.9 Å². The molecule has 0 saturated heterocycles. The van der Waals surface area contributed by atoms with E-state index >= 15 is 0 Å². The molecule has 0 aliphatic heterocycles. The first-order valence-electron chi connectivity index (χ1n) is 5.60. The maximum Gasteiger partial charge on any atom is 0.449 e. The maximum absolute atomic E-state index is 12.4. The lowest BCUT2D eigenvalue weighted by atomic mass is 10.4. The lowest BCUT2D eigenvalue weighted by Crippen LogP contribution is -2.12. The standard InChI is InChI=1S/C11H9F3N2O5S/c1-16-5-6(4-7(16)10(17)18)15-22(19,20)9-3-2-8(21-9)11(12,13)14/h2-5,15H,1H3,(H,17,18). The van der Waals surface area contributed by atoms with Crippen LogP contribution < -0.4 is 4.72 Å². The molecular weight excluding hydrogens is 329 g/mol. The molecule has 0 amide bonds. The summed E-state index contributed by atoms with van der Waals surface area (Å²) in [6.45, 7) is 0. The first-order valence-corrected chi connectivity index (χ1v) is 7.08. The molecule has 0 aromatic carbocycles. The number of sulfonamides is 1. The smallest absolute Gasteiger partial charge is 0.449 e. The molecular formula is C11H9F3N2O5S. The summed E-state index contributed by atoms with van der Waals surface area (Å²) < 4.78 is 68.3. The van der Waals surface area contributed by atoms with Crippen LogP contribution in [0.2, 0.25) is 0 Å². The third-order valence-electron chi connectivity index (χ3n) is 2.60. The zero-order chi connectivity index (χ0) is 16.7. The van der Waals surface area contributed by atoms with Gasteiger partial charge in [-0.1, -0.05) is 0 Å². The Kier molecular flexibility index (Phi) is 3.69. The molecule has 2 aromatic heterocycles. The number of nitrogens with zero attached hydrogens (tertiary/aromatic N) is 1. The zero-order valence-electron chi connectivity index (χ0n) is 10.9. The van der Waals surface area contributed by atoms with Gasteiger partial charge in [0.05, 0.1) is 5.69 Å². The maximum atomic E-state index is 12.4. The summed E-state index contributed by atoms with van der Waals surface area (Å²) in [5.41, 5.74) is -0.321. The second kappa shape index (κ2) is 5.09. The zero-order valence-corrected chi connectivity index (χ0v) is 11.7. The Bertz CT molecular complexity index is 819. The van der Waals surface area contributed by atoms with Crippen LogP contribution in [0, 0.1) is 0 Å². The van der Waals surface area contributed by atoms with Crippen LogP contribution in [0.5, 0.6) is 0 Å². The molecule has 2 aromatic rings. The molecule has 0 unspecified atom stereocenters. The largest absolute Gasteiger partial charge is 0.477 e. The second-order valence-electron chi connectivity index (χ2n) is 4.25. The van der Waals surface area contributed by atoms with Gasteiger partial charge >= 0.3 is 12.1 Å². The summed E-state index contributed by atoms with van der Waals surface area (Å²) in [6.07, 6.45) is -3.65. The van der Waals surface area contributed by atoms with Crippen LogP contribution >= 0.6 is 0 Å². The van der Waals surface area contributed by atoms with Gasteiger partial charge in [0.1, 0.15) is 5.69 Å². The minimum absolute atomic E-state index is 0.121. The number of carboxylic acids is 1. The monoisotopic (exact) mass is 338 g/mol. The number of anilines is 1. The molecule has 11 heteroatoms. The van der Waals surface area contributed by atoms with E-state index in [1.54, 1.807) is 0 Å². The number of rotatable bonds is 4. The number of carboxylic acid groups (broad SMARTS) is 1. The Hall–Kier alpha value is -2.43. The van der Waals surface area contributed by atoms with E-state index in [9.17, 15) is 26.4 Å². The van der Waals surface area contributed by atoms with Crippen molar-refractivity contribution >= 4 is 21.7 Å². The topological polar surface area (TPSA) is 102 Å². The molecule has 7 nitrogen and oxygen atoms in total. The van der Waals surface area contributed by atoms with Crippen LogP contribution in [0.4, 0.5) is 18.9 Å². The number of alkyl halides is 3. The van der Waals surface area contributed by atoms with Crippen molar-refractivity contribution in [2.24, 2.45) is 7.05 Å². The Morgan fingerprint density at radius 3 is 2.45 bits per heavy atom. The summed E-state index contributed by atoms with van der Waals surface area (Å²) in [5.74, 6) is -2.74. The van der Waals surface area contributed by atoms with Crippen molar-refractivity contribution < 1.29 is 35.9 Å². The van der Waals surface area contributed by atoms with Crippen molar-refractivity contribution in [1.82, 2.24) is 4.57 Å². The number of aromatic nitrogens is 1. The quantitative estimate of drug-likeness (QED) is 0.889. The fraction of sp³-hybridized carbons (Fsp3) is 0.182. The van der Waals surface area contributed by atoms with Gasteiger partial charge in [0.2, 0.25) is 10.9 Å². The summed E-state index contributed by atoms with van der Waals surface area (Å²) >= 11 is 0. The number of hydrogen-bond acceptors (Lipinski definition) is 4. The van der Waals surface area contributed by atoms with E-state index in [0.29, 0.717) is 12.1 Å². The Balaban J connectivity index is 2.30. The van der Waals surface area contributed by atoms with Crippen LogP contribution in [0.1, 0.15) is 16.2 Å². The fourth-order valence-corrected chi connectivity index (χ4v) is 2.62.